The topological polar surface area (TPSA) is 18.5 Å². The maximum Gasteiger partial charge on any atom is 0.169 e. The minimum absolute atomic E-state index is 0.258. The predicted octanol–water partition coefficient (Wildman–Crippen LogP) is 4.80. The fourth-order valence-electron chi connectivity index (χ4n) is 3.41. The second-order valence-electron chi connectivity index (χ2n) is 6.46. The minimum Gasteiger partial charge on any atom is -0.348 e. The van der Waals surface area contributed by atoms with Crippen molar-refractivity contribution in [2.75, 3.05) is 13.2 Å². The van der Waals surface area contributed by atoms with Crippen LogP contribution in [0, 0.1) is 0 Å². The van der Waals surface area contributed by atoms with Crippen LogP contribution in [0.1, 0.15) is 51.0 Å². The summed E-state index contributed by atoms with van der Waals surface area (Å²) in [6.45, 7) is 3.73. The molecule has 1 aliphatic heterocycles. The van der Waals surface area contributed by atoms with Crippen molar-refractivity contribution < 1.29 is 9.47 Å². The van der Waals surface area contributed by atoms with Crippen LogP contribution in [-0.2, 0) is 15.9 Å². The summed E-state index contributed by atoms with van der Waals surface area (Å²) >= 11 is 0. The van der Waals surface area contributed by atoms with Crippen LogP contribution < -0.4 is 0 Å². The summed E-state index contributed by atoms with van der Waals surface area (Å²) in [5, 5.41) is 0. The molecule has 1 saturated carbocycles. The molecule has 2 nitrogen and oxygen atoms in total. The molecule has 2 aliphatic rings. The van der Waals surface area contributed by atoms with Crippen LogP contribution in [0.25, 0.3) is 0 Å². The molecule has 0 aromatic heterocycles. The quantitative estimate of drug-likeness (QED) is 0.743. The predicted molar refractivity (Wildman–Crippen MR) is 88.7 cm³/mol. The van der Waals surface area contributed by atoms with Crippen molar-refractivity contribution in [1.82, 2.24) is 0 Å². The van der Waals surface area contributed by atoms with Gasteiger partial charge >= 0.3 is 0 Å². The molecule has 0 N–H and O–H groups in total. The zero-order chi connectivity index (χ0) is 15.3. The molecule has 0 radical (unpaired) electrons. The van der Waals surface area contributed by atoms with Crippen LogP contribution in [0.3, 0.4) is 0 Å². The Balaban J connectivity index is 1.49. The molecule has 0 bridgehead atoms. The second-order valence-corrected chi connectivity index (χ2v) is 6.46. The van der Waals surface area contributed by atoms with Gasteiger partial charge in [0.2, 0.25) is 0 Å². The van der Waals surface area contributed by atoms with Gasteiger partial charge in [0.05, 0.1) is 13.2 Å². The van der Waals surface area contributed by atoms with Crippen molar-refractivity contribution >= 4 is 0 Å². The van der Waals surface area contributed by atoms with Crippen molar-refractivity contribution in [3.63, 3.8) is 0 Å². The number of benzene rings is 1. The third-order valence-electron chi connectivity index (χ3n) is 4.68. The fourth-order valence-corrected chi connectivity index (χ4v) is 3.41. The van der Waals surface area contributed by atoms with Crippen LogP contribution in [-0.4, -0.2) is 19.0 Å². The van der Waals surface area contributed by atoms with Gasteiger partial charge in [-0.15, -0.1) is 5.73 Å². The standard InChI is InChI=1S/C20H26O2/c1-17(6-5-9-18-7-3-2-4-8-18)16-19-10-12-20(13-11-19)21-14-15-22-20/h2-4,7-8H,5-6,9-15H2,1H3. The van der Waals surface area contributed by atoms with Gasteiger partial charge in [0.15, 0.2) is 5.79 Å². The Kier molecular flexibility index (Phi) is 5.15. The molecule has 118 valence electrons. The number of rotatable bonds is 4. The van der Waals surface area contributed by atoms with Gasteiger partial charge in [0.25, 0.3) is 0 Å². The third kappa shape index (κ3) is 4.10. The van der Waals surface area contributed by atoms with Crippen molar-refractivity contribution in [2.45, 2.75) is 57.7 Å². The monoisotopic (exact) mass is 298 g/mol. The van der Waals surface area contributed by atoms with Crippen LogP contribution in [0.5, 0.6) is 0 Å². The van der Waals surface area contributed by atoms with E-state index in [0.29, 0.717) is 0 Å². The molecule has 0 atom stereocenters. The third-order valence-corrected chi connectivity index (χ3v) is 4.68. The highest BCUT2D eigenvalue weighted by Crippen LogP contribution is 2.37. The molecule has 1 saturated heterocycles. The lowest BCUT2D eigenvalue weighted by molar-refractivity contribution is -0.171. The normalized spacial score (nSPS) is 20.1. The van der Waals surface area contributed by atoms with E-state index in [1.165, 1.54) is 23.1 Å². The van der Waals surface area contributed by atoms with Crippen LogP contribution in [0.2, 0.25) is 0 Å². The van der Waals surface area contributed by atoms with E-state index in [9.17, 15) is 0 Å². The van der Waals surface area contributed by atoms with E-state index in [-0.39, 0.29) is 5.79 Å². The first kappa shape index (κ1) is 15.6. The zero-order valence-electron chi connectivity index (χ0n) is 13.6. The highest BCUT2D eigenvalue weighted by atomic mass is 16.7. The zero-order valence-corrected chi connectivity index (χ0v) is 13.6. The van der Waals surface area contributed by atoms with Crippen molar-refractivity contribution in [2.24, 2.45) is 0 Å². The van der Waals surface area contributed by atoms with Gasteiger partial charge in [-0.2, -0.15) is 0 Å². The molecule has 1 aromatic carbocycles. The Morgan fingerprint density at radius 2 is 1.77 bits per heavy atom. The number of ether oxygens (including phenoxy) is 2. The summed E-state index contributed by atoms with van der Waals surface area (Å²) in [6, 6.07) is 10.7. The minimum atomic E-state index is -0.258. The molecule has 2 heteroatoms. The largest absolute Gasteiger partial charge is 0.348 e. The molecule has 1 heterocycles. The first-order valence-corrected chi connectivity index (χ1v) is 8.52. The van der Waals surface area contributed by atoms with Crippen molar-refractivity contribution in [3.05, 3.63) is 52.8 Å². The molecule has 0 amide bonds. The van der Waals surface area contributed by atoms with Gasteiger partial charge in [-0.25, -0.2) is 0 Å². The molecular formula is C20H26O2. The summed E-state index contributed by atoms with van der Waals surface area (Å²) in [6.07, 6.45) is 7.61. The Morgan fingerprint density at radius 1 is 1.09 bits per heavy atom. The van der Waals surface area contributed by atoms with E-state index >= 15 is 0 Å². The number of hydrogen-bond donors (Lipinski definition) is 0. The summed E-state index contributed by atoms with van der Waals surface area (Å²) in [5.41, 5.74) is 7.89. The summed E-state index contributed by atoms with van der Waals surface area (Å²) in [7, 11) is 0. The Morgan fingerprint density at radius 3 is 2.45 bits per heavy atom. The Labute approximate surface area is 133 Å². The van der Waals surface area contributed by atoms with E-state index in [0.717, 1.165) is 51.7 Å². The smallest absolute Gasteiger partial charge is 0.169 e. The van der Waals surface area contributed by atoms with E-state index in [2.05, 4.69) is 43.0 Å². The Hall–Kier alpha value is -1.34. The van der Waals surface area contributed by atoms with E-state index in [1.807, 2.05) is 0 Å². The van der Waals surface area contributed by atoms with Gasteiger partial charge in [0.1, 0.15) is 0 Å². The van der Waals surface area contributed by atoms with Crippen LogP contribution in [0.15, 0.2) is 47.2 Å². The molecule has 1 aliphatic carbocycles. The number of hydrogen-bond acceptors (Lipinski definition) is 2. The first-order chi connectivity index (χ1) is 10.8. The average Bonchev–Trinajstić information content (AvgIpc) is 2.99. The van der Waals surface area contributed by atoms with Crippen LogP contribution >= 0.6 is 0 Å². The first-order valence-electron chi connectivity index (χ1n) is 8.52. The van der Waals surface area contributed by atoms with E-state index in [1.54, 1.807) is 0 Å². The average molecular weight is 298 g/mol. The second kappa shape index (κ2) is 7.28. The van der Waals surface area contributed by atoms with Crippen molar-refractivity contribution in [1.29, 1.82) is 0 Å². The lowest BCUT2D eigenvalue weighted by Crippen LogP contribution is -2.32. The molecular weight excluding hydrogens is 272 g/mol. The van der Waals surface area contributed by atoms with Gasteiger partial charge < -0.3 is 9.47 Å². The van der Waals surface area contributed by atoms with E-state index < -0.39 is 0 Å². The number of aryl methyl sites for hydroxylation is 1. The van der Waals surface area contributed by atoms with Gasteiger partial charge in [-0.3, -0.25) is 0 Å². The molecule has 1 spiro atoms. The molecule has 22 heavy (non-hydrogen) atoms. The SMILES string of the molecule is CC(=C=C1CCC2(CC1)OCCO2)CCCc1ccccc1. The van der Waals surface area contributed by atoms with Gasteiger partial charge in [0, 0.05) is 12.8 Å². The van der Waals surface area contributed by atoms with Gasteiger partial charge in [-0.05, 0) is 55.7 Å². The number of allylic oxidation sites excluding steroid dienone is 1. The summed E-state index contributed by atoms with van der Waals surface area (Å²) in [5.74, 6) is -0.258. The lowest BCUT2D eigenvalue weighted by Gasteiger charge is -2.31. The molecule has 1 aromatic rings. The highest BCUT2D eigenvalue weighted by Gasteiger charge is 2.38. The van der Waals surface area contributed by atoms with Crippen molar-refractivity contribution in [3.8, 4) is 0 Å². The molecule has 3 rings (SSSR count). The summed E-state index contributed by atoms with van der Waals surface area (Å²) in [4.78, 5) is 0. The maximum absolute atomic E-state index is 5.78. The maximum atomic E-state index is 5.78. The van der Waals surface area contributed by atoms with E-state index in [4.69, 9.17) is 9.47 Å². The lowest BCUT2D eigenvalue weighted by atomic mass is 9.89. The molecule has 0 unspecified atom stereocenters. The Bertz CT molecular complexity index is 534. The van der Waals surface area contributed by atoms with Crippen LogP contribution in [0.4, 0.5) is 0 Å². The fraction of sp³-hybridized carbons (Fsp3) is 0.550. The van der Waals surface area contributed by atoms with Gasteiger partial charge in [-0.1, -0.05) is 30.3 Å². The summed E-state index contributed by atoms with van der Waals surface area (Å²) < 4.78 is 11.6. The highest BCUT2D eigenvalue weighted by molar-refractivity contribution is 5.15. The molecule has 2 fully saturated rings.